The summed E-state index contributed by atoms with van der Waals surface area (Å²) in [5, 5.41) is 42.0. The number of nitrogens with zero attached hydrogens (tertiary/aromatic N) is 6. The number of thioether (sulfide) groups is 2. The minimum atomic E-state index is -4.47. The predicted octanol–water partition coefficient (Wildman–Crippen LogP) is -1.81. The number of carbonyl (C=O) groups is 4. The van der Waals surface area contributed by atoms with Crippen LogP contribution in [0, 0.1) is 0 Å². The number of carboxylic acids is 2. The normalized spacial score (nSPS) is 21.8. The van der Waals surface area contributed by atoms with Crippen molar-refractivity contribution in [3.05, 3.63) is 22.6 Å². The highest BCUT2D eigenvalue weighted by Gasteiger charge is 2.67. The van der Waals surface area contributed by atoms with Gasteiger partial charge in [-0.1, -0.05) is 11.8 Å². The molecule has 1 saturated heterocycles. The van der Waals surface area contributed by atoms with Crippen LogP contribution in [-0.2, 0) is 36.0 Å². The monoisotopic (exact) mass is 605 g/mol. The van der Waals surface area contributed by atoms with Crippen molar-refractivity contribution in [2.45, 2.75) is 21.5 Å². The molecule has 0 spiro atoms. The molecule has 4 N–H and O–H groups in total. The molecule has 0 aromatic carbocycles. The summed E-state index contributed by atoms with van der Waals surface area (Å²) in [5.74, 6) is -7.63. The number of tetrazole rings is 1. The van der Waals surface area contributed by atoms with Gasteiger partial charge in [0.05, 0.1) is 0 Å². The van der Waals surface area contributed by atoms with Crippen LogP contribution in [0.1, 0.15) is 21.4 Å². The number of carboxylic acid groups (broad SMARTS) is 2. The first-order valence-corrected chi connectivity index (χ1v) is 14.5. The Morgan fingerprint density at radius 1 is 1.33 bits per heavy atom. The Morgan fingerprint density at radius 3 is 2.56 bits per heavy atom. The quantitative estimate of drug-likeness (QED) is 0.132. The highest BCUT2D eigenvalue weighted by atomic mass is 32.2. The molecule has 1 unspecified atom stereocenters. The molecule has 18 nitrogen and oxygen atoms in total. The van der Waals surface area contributed by atoms with Gasteiger partial charge < -0.3 is 29.9 Å². The maximum atomic E-state index is 13.3. The van der Waals surface area contributed by atoms with Crippen molar-refractivity contribution in [1.29, 1.82) is 0 Å². The third-order valence-electron chi connectivity index (χ3n) is 5.72. The number of aromatic hydroxyl groups is 1. The zero-order valence-electron chi connectivity index (χ0n) is 20.1. The van der Waals surface area contributed by atoms with E-state index in [1.807, 2.05) is 0 Å². The number of methoxy groups -OCH3 is 1. The van der Waals surface area contributed by atoms with Crippen molar-refractivity contribution in [1.82, 2.24) is 35.6 Å². The van der Waals surface area contributed by atoms with Gasteiger partial charge in [-0.2, -0.15) is 0 Å². The molecule has 210 valence electrons. The Kier molecular flexibility index (Phi) is 7.35. The van der Waals surface area contributed by atoms with E-state index in [0.717, 1.165) is 35.5 Å². The number of hydrogen-bond donors (Lipinski definition) is 4. The van der Waals surface area contributed by atoms with Crippen molar-refractivity contribution in [2.75, 3.05) is 24.9 Å². The molecule has 0 aliphatic carbocycles. The van der Waals surface area contributed by atoms with Gasteiger partial charge in [-0.05, 0) is 21.2 Å². The summed E-state index contributed by atoms with van der Waals surface area (Å²) in [6.45, 7) is 0. The van der Waals surface area contributed by atoms with Crippen molar-refractivity contribution in [2.24, 2.45) is 7.05 Å². The van der Waals surface area contributed by atoms with Gasteiger partial charge in [-0.3, -0.25) is 14.5 Å². The molecule has 2 aliphatic rings. The lowest BCUT2D eigenvalue weighted by Crippen LogP contribution is -2.81. The van der Waals surface area contributed by atoms with Crippen LogP contribution in [0.15, 0.2) is 20.9 Å². The molecule has 39 heavy (non-hydrogen) atoms. The Bertz CT molecular complexity index is 1520. The third kappa shape index (κ3) is 4.70. The molecular formula is C18H19N7O11S3. The second-order valence-corrected chi connectivity index (χ2v) is 12.3. The second kappa shape index (κ2) is 10.1. The number of ether oxygens (including phenoxy) is 1. The number of aryl methyl sites for hydroxylation is 1. The minimum absolute atomic E-state index is 0.0873. The van der Waals surface area contributed by atoms with E-state index in [2.05, 4.69) is 30.5 Å². The van der Waals surface area contributed by atoms with Crippen LogP contribution in [0.4, 0.5) is 0 Å². The third-order valence-corrected chi connectivity index (χ3v) is 9.47. The minimum Gasteiger partial charge on any atom is -0.490 e. The fourth-order valence-electron chi connectivity index (χ4n) is 3.98. The van der Waals surface area contributed by atoms with E-state index < -0.39 is 67.1 Å². The van der Waals surface area contributed by atoms with Crippen LogP contribution < -0.4 is 5.32 Å². The molecule has 2 amide bonds. The van der Waals surface area contributed by atoms with Gasteiger partial charge in [-0.25, -0.2) is 22.7 Å². The van der Waals surface area contributed by atoms with E-state index in [9.17, 15) is 42.9 Å². The molecule has 2 aromatic heterocycles. The predicted molar refractivity (Wildman–Crippen MR) is 128 cm³/mol. The van der Waals surface area contributed by atoms with Crippen molar-refractivity contribution >= 4 is 57.1 Å². The zero-order valence-corrected chi connectivity index (χ0v) is 22.5. The number of rotatable bonds is 10. The molecule has 0 saturated carbocycles. The molecule has 0 bridgehead atoms. The summed E-state index contributed by atoms with van der Waals surface area (Å²) < 4.78 is 36.4. The first kappa shape index (κ1) is 28.3. The Hall–Kier alpha value is -3.69. The molecule has 0 radical (unpaired) electrons. The number of aromatic carboxylic acids is 1. The van der Waals surface area contributed by atoms with Crippen molar-refractivity contribution in [3.8, 4) is 5.88 Å². The average Bonchev–Trinajstić information content (AvgIpc) is 3.44. The standard InChI is InChI=1S/C18H19N7O11S3/c1-24-17(20-22-23-24)38-5-6-4-37-16-18(35-2,15(32)25(16)8(6)14(30)31)19-12(27)10(39(3,33)34)9-7(13(28)29)11(26)21-36-9/h10,16H,4-5H2,1-3H3,(H,19,27)(H,21,26)(H,28,29)(H,30,31)/t10?,16-,18-/m0/s1. The molecule has 1 fully saturated rings. The summed E-state index contributed by atoms with van der Waals surface area (Å²) in [6.07, 6.45) is 0.605. The molecule has 2 aliphatic heterocycles. The Balaban J connectivity index is 1.65. The van der Waals surface area contributed by atoms with Crippen LogP contribution in [-0.4, -0.2) is 114 Å². The number of aliphatic carboxylic acids is 1. The van der Waals surface area contributed by atoms with Crippen LogP contribution in [0.2, 0.25) is 0 Å². The number of sulfone groups is 1. The average molecular weight is 606 g/mol. The summed E-state index contributed by atoms with van der Waals surface area (Å²) in [5.41, 5.74) is -3.25. The van der Waals surface area contributed by atoms with E-state index in [-0.39, 0.29) is 17.2 Å². The smallest absolute Gasteiger partial charge is 0.352 e. The fraction of sp³-hybridized carbons (Fsp3) is 0.444. The van der Waals surface area contributed by atoms with Gasteiger partial charge in [0, 0.05) is 31.9 Å². The van der Waals surface area contributed by atoms with Gasteiger partial charge >= 0.3 is 11.9 Å². The van der Waals surface area contributed by atoms with Gasteiger partial charge in [-0.15, -0.1) is 16.9 Å². The number of amides is 2. The number of β-lactam (4-membered cyclic amide) rings is 1. The van der Waals surface area contributed by atoms with E-state index in [4.69, 9.17) is 4.74 Å². The summed E-state index contributed by atoms with van der Waals surface area (Å²) in [7, 11) is -1.83. The zero-order chi connectivity index (χ0) is 28.9. The first-order valence-electron chi connectivity index (χ1n) is 10.5. The van der Waals surface area contributed by atoms with Gasteiger partial charge in [0.15, 0.2) is 21.2 Å². The number of nitrogens with one attached hydrogen (secondary N) is 1. The first-order chi connectivity index (χ1) is 18.2. The lowest BCUT2D eigenvalue weighted by Gasteiger charge is -2.55. The number of carbonyl (C=O) groups excluding carboxylic acids is 2. The topological polar surface area (TPSA) is 257 Å². The number of hydrogen-bond acceptors (Lipinski definition) is 15. The van der Waals surface area contributed by atoms with Crippen LogP contribution in [0.25, 0.3) is 0 Å². The second-order valence-electron chi connectivity index (χ2n) is 8.16. The molecule has 21 heteroatoms. The summed E-state index contributed by atoms with van der Waals surface area (Å²) in [4.78, 5) is 51.2. The van der Waals surface area contributed by atoms with E-state index in [1.165, 1.54) is 4.68 Å². The summed E-state index contributed by atoms with van der Waals surface area (Å²) in [6, 6.07) is 0. The largest absolute Gasteiger partial charge is 0.490 e. The lowest BCUT2D eigenvalue weighted by atomic mass is 9.98. The number of aromatic nitrogens is 5. The highest BCUT2D eigenvalue weighted by molar-refractivity contribution is 8.01. The summed E-state index contributed by atoms with van der Waals surface area (Å²) >= 11 is 2.18. The SMILES string of the molecule is CO[C@@]1(NC(=O)C(c2onc(O)c2C(=O)O)S(C)(=O)=O)C(=O)N2C(C(=O)O)=C(CSc3nnnn3C)CS[C@H]21. The van der Waals surface area contributed by atoms with Gasteiger partial charge in [0.1, 0.15) is 11.1 Å². The highest BCUT2D eigenvalue weighted by Crippen LogP contribution is 2.47. The fourth-order valence-corrected chi connectivity index (χ4v) is 7.41. The van der Waals surface area contributed by atoms with Gasteiger partial charge in [0.25, 0.3) is 17.5 Å². The van der Waals surface area contributed by atoms with E-state index >= 15 is 0 Å². The van der Waals surface area contributed by atoms with E-state index in [0.29, 0.717) is 17.0 Å². The number of fused-ring (bicyclic) bond motifs is 1. The Morgan fingerprint density at radius 2 is 2.03 bits per heavy atom. The Labute approximate surface area is 226 Å². The lowest BCUT2D eigenvalue weighted by molar-refractivity contribution is -0.192. The maximum Gasteiger partial charge on any atom is 0.352 e. The van der Waals surface area contributed by atoms with Gasteiger partial charge in [0.2, 0.25) is 16.3 Å². The van der Waals surface area contributed by atoms with Crippen LogP contribution in [0.5, 0.6) is 5.88 Å². The molecule has 3 atom stereocenters. The maximum absolute atomic E-state index is 13.3. The molecule has 2 aromatic rings. The molecule has 4 rings (SSSR count). The molecule has 4 heterocycles. The van der Waals surface area contributed by atoms with E-state index in [1.54, 1.807) is 7.05 Å². The molecular weight excluding hydrogens is 586 g/mol. The van der Waals surface area contributed by atoms with Crippen molar-refractivity contribution in [3.63, 3.8) is 0 Å². The van der Waals surface area contributed by atoms with Crippen molar-refractivity contribution < 1.29 is 52.2 Å². The van der Waals surface area contributed by atoms with Crippen LogP contribution >= 0.6 is 23.5 Å². The van der Waals surface area contributed by atoms with Crippen LogP contribution in [0.3, 0.4) is 0 Å².